The van der Waals surface area contributed by atoms with E-state index in [1.54, 1.807) is 18.4 Å². The first-order valence-electron chi connectivity index (χ1n) is 5.85. The maximum atomic E-state index is 5.72. The molecular weight excluding hydrogens is 244 g/mol. The van der Waals surface area contributed by atoms with Gasteiger partial charge in [0, 0.05) is 12.0 Å². The van der Waals surface area contributed by atoms with Crippen LogP contribution in [0.1, 0.15) is 28.1 Å². The van der Waals surface area contributed by atoms with Gasteiger partial charge in [0.25, 0.3) is 0 Å². The minimum atomic E-state index is -0.0893. The van der Waals surface area contributed by atoms with Crippen molar-refractivity contribution in [1.82, 2.24) is 5.43 Å². The number of benzene rings is 1. The number of aryl methyl sites for hydroxylation is 1. The molecule has 0 aliphatic rings. The molecule has 2 aromatic rings. The number of hydrazine groups is 1. The van der Waals surface area contributed by atoms with Crippen molar-refractivity contribution in [2.75, 3.05) is 7.11 Å². The quantitative estimate of drug-likeness (QED) is 0.643. The third kappa shape index (κ3) is 2.62. The number of hydrogen-bond acceptors (Lipinski definition) is 4. The zero-order valence-corrected chi connectivity index (χ0v) is 11.4. The van der Waals surface area contributed by atoms with E-state index in [9.17, 15) is 0 Å². The lowest BCUT2D eigenvalue weighted by atomic mass is 9.99. The number of nitrogens with two attached hydrogens (primary N) is 1. The predicted octanol–water partition coefficient (Wildman–Crippen LogP) is 2.95. The van der Waals surface area contributed by atoms with Crippen molar-refractivity contribution < 1.29 is 4.74 Å². The van der Waals surface area contributed by atoms with E-state index in [0.717, 1.165) is 5.56 Å². The van der Waals surface area contributed by atoms with Gasteiger partial charge in [0.1, 0.15) is 6.10 Å². The first-order chi connectivity index (χ1) is 8.77. The van der Waals surface area contributed by atoms with Crippen LogP contribution in [-0.2, 0) is 4.74 Å². The van der Waals surface area contributed by atoms with E-state index in [-0.39, 0.29) is 12.1 Å². The molecule has 0 aliphatic carbocycles. The second kappa shape index (κ2) is 6.11. The molecule has 18 heavy (non-hydrogen) atoms. The summed E-state index contributed by atoms with van der Waals surface area (Å²) in [6, 6.07) is 12.2. The molecule has 2 unspecified atom stereocenters. The van der Waals surface area contributed by atoms with E-state index in [4.69, 9.17) is 10.6 Å². The Kier molecular flexibility index (Phi) is 4.49. The number of nitrogens with one attached hydrogen (secondary N) is 1. The van der Waals surface area contributed by atoms with Gasteiger partial charge in [-0.1, -0.05) is 30.3 Å². The van der Waals surface area contributed by atoms with E-state index < -0.39 is 0 Å². The first kappa shape index (κ1) is 13.2. The number of hydrogen-bond donors (Lipinski definition) is 2. The van der Waals surface area contributed by atoms with Crippen LogP contribution in [0.25, 0.3) is 0 Å². The van der Waals surface area contributed by atoms with Gasteiger partial charge in [-0.2, -0.15) is 0 Å². The summed E-state index contributed by atoms with van der Waals surface area (Å²) in [4.78, 5) is 1.22. The van der Waals surface area contributed by atoms with Gasteiger partial charge in [-0.05, 0) is 29.5 Å². The van der Waals surface area contributed by atoms with E-state index in [2.05, 4.69) is 35.9 Å². The van der Waals surface area contributed by atoms with Crippen molar-refractivity contribution in [2.24, 2.45) is 5.84 Å². The summed E-state index contributed by atoms with van der Waals surface area (Å²) in [7, 11) is 1.71. The summed E-state index contributed by atoms with van der Waals surface area (Å²) < 4.78 is 5.63. The van der Waals surface area contributed by atoms with Crippen LogP contribution in [0.5, 0.6) is 0 Å². The first-order valence-corrected chi connectivity index (χ1v) is 6.73. The average Bonchev–Trinajstić information content (AvgIpc) is 2.83. The topological polar surface area (TPSA) is 47.3 Å². The highest BCUT2D eigenvalue weighted by atomic mass is 32.1. The van der Waals surface area contributed by atoms with Gasteiger partial charge in [-0.15, -0.1) is 11.3 Å². The Labute approximate surface area is 112 Å². The predicted molar refractivity (Wildman–Crippen MR) is 75.3 cm³/mol. The molecule has 1 heterocycles. The zero-order chi connectivity index (χ0) is 13.0. The molecule has 0 saturated heterocycles. The zero-order valence-electron chi connectivity index (χ0n) is 10.6. The maximum Gasteiger partial charge on any atom is 0.104 e. The van der Waals surface area contributed by atoms with Crippen LogP contribution < -0.4 is 11.3 Å². The summed E-state index contributed by atoms with van der Waals surface area (Å²) in [5.41, 5.74) is 5.24. The molecule has 0 fully saturated rings. The third-order valence-electron chi connectivity index (χ3n) is 3.05. The Morgan fingerprint density at radius 1 is 1.22 bits per heavy atom. The smallest absolute Gasteiger partial charge is 0.104 e. The lowest BCUT2D eigenvalue weighted by Gasteiger charge is -2.25. The average molecular weight is 262 g/mol. The highest BCUT2D eigenvalue weighted by molar-refractivity contribution is 7.10. The van der Waals surface area contributed by atoms with Gasteiger partial charge in [0.15, 0.2) is 0 Å². The molecular formula is C14H18N2OS. The summed E-state index contributed by atoms with van der Waals surface area (Å²) in [5, 5.41) is 2.08. The molecule has 3 N–H and O–H groups in total. The molecule has 96 valence electrons. The van der Waals surface area contributed by atoms with Gasteiger partial charge < -0.3 is 4.74 Å². The van der Waals surface area contributed by atoms with Gasteiger partial charge in [-0.3, -0.25) is 5.84 Å². The highest BCUT2D eigenvalue weighted by Gasteiger charge is 2.25. The Hall–Kier alpha value is -1.20. The van der Waals surface area contributed by atoms with Crippen LogP contribution in [0.4, 0.5) is 0 Å². The minimum absolute atomic E-state index is 0.0302. The van der Waals surface area contributed by atoms with E-state index >= 15 is 0 Å². The van der Waals surface area contributed by atoms with Gasteiger partial charge in [0.2, 0.25) is 0 Å². The lowest BCUT2D eigenvalue weighted by Crippen LogP contribution is -2.33. The SMILES string of the molecule is COC(c1ccccc1)C(NN)c1sccc1C. The molecule has 0 aliphatic heterocycles. The lowest BCUT2D eigenvalue weighted by molar-refractivity contribution is 0.0685. The van der Waals surface area contributed by atoms with Crippen molar-refractivity contribution in [3.63, 3.8) is 0 Å². The highest BCUT2D eigenvalue weighted by Crippen LogP contribution is 2.35. The largest absolute Gasteiger partial charge is 0.375 e. The molecule has 3 nitrogen and oxygen atoms in total. The molecule has 1 aromatic heterocycles. The van der Waals surface area contributed by atoms with Crippen LogP contribution >= 0.6 is 11.3 Å². The van der Waals surface area contributed by atoms with Crippen LogP contribution in [-0.4, -0.2) is 7.11 Å². The molecule has 0 bridgehead atoms. The molecule has 2 rings (SSSR count). The third-order valence-corrected chi connectivity index (χ3v) is 4.15. The van der Waals surface area contributed by atoms with Crippen LogP contribution in [0.15, 0.2) is 41.8 Å². The summed E-state index contributed by atoms with van der Waals surface area (Å²) in [6.07, 6.45) is -0.0893. The fourth-order valence-corrected chi connectivity index (χ4v) is 3.12. The van der Waals surface area contributed by atoms with E-state index in [1.807, 2.05) is 18.2 Å². The Morgan fingerprint density at radius 2 is 1.94 bits per heavy atom. The Balaban J connectivity index is 2.34. The molecule has 4 heteroatoms. The molecule has 1 aromatic carbocycles. The van der Waals surface area contributed by atoms with Crippen LogP contribution in [0.3, 0.4) is 0 Å². The molecule has 0 spiro atoms. The molecule has 0 radical (unpaired) electrons. The van der Waals surface area contributed by atoms with Crippen molar-refractivity contribution in [1.29, 1.82) is 0 Å². The summed E-state index contributed by atoms with van der Waals surface area (Å²) in [6.45, 7) is 2.09. The van der Waals surface area contributed by atoms with Crippen molar-refractivity contribution in [2.45, 2.75) is 19.1 Å². The Morgan fingerprint density at radius 3 is 2.44 bits per heavy atom. The number of rotatable bonds is 5. The van der Waals surface area contributed by atoms with Crippen molar-refractivity contribution in [3.8, 4) is 0 Å². The van der Waals surface area contributed by atoms with Gasteiger partial charge in [-0.25, -0.2) is 5.43 Å². The number of methoxy groups -OCH3 is 1. The van der Waals surface area contributed by atoms with Gasteiger partial charge >= 0.3 is 0 Å². The monoisotopic (exact) mass is 262 g/mol. The van der Waals surface area contributed by atoms with E-state index in [1.165, 1.54) is 10.4 Å². The molecule has 0 amide bonds. The minimum Gasteiger partial charge on any atom is -0.375 e. The van der Waals surface area contributed by atoms with Crippen LogP contribution in [0.2, 0.25) is 0 Å². The molecule has 0 saturated carbocycles. The second-order valence-corrected chi connectivity index (χ2v) is 5.13. The normalized spacial score (nSPS) is 14.4. The van der Waals surface area contributed by atoms with Crippen molar-refractivity contribution in [3.05, 3.63) is 57.8 Å². The molecule has 2 atom stereocenters. The fraction of sp³-hybridized carbons (Fsp3) is 0.286. The maximum absolute atomic E-state index is 5.72. The summed E-state index contributed by atoms with van der Waals surface area (Å²) in [5.74, 6) is 5.72. The fourth-order valence-electron chi connectivity index (χ4n) is 2.11. The van der Waals surface area contributed by atoms with E-state index in [0.29, 0.717) is 0 Å². The standard InChI is InChI=1S/C14H18N2OS/c1-10-8-9-18-14(10)12(16-15)13(17-2)11-6-4-3-5-7-11/h3-9,12-13,16H,15H2,1-2H3. The summed E-state index contributed by atoms with van der Waals surface area (Å²) >= 11 is 1.70. The van der Waals surface area contributed by atoms with Gasteiger partial charge in [0.05, 0.1) is 6.04 Å². The van der Waals surface area contributed by atoms with Crippen LogP contribution in [0, 0.1) is 6.92 Å². The van der Waals surface area contributed by atoms with Crippen molar-refractivity contribution >= 4 is 11.3 Å². The number of thiophene rings is 1. The Bertz CT molecular complexity index is 484. The second-order valence-electron chi connectivity index (χ2n) is 4.18. The number of ether oxygens (including phenoxy) is 1.